The molecule has 1 aliphatic rings. The van der Waals surface area contributed by atoms with Crippen molar-refractivity contribution < 1.29 is 24.2 Å². The highest BCUT2D eigenvalue weighted by molar-refractivity contribution is 6.19. The van der Waals surface area contributed by atoms with E-state index in [-0.39, 0.29) is 29.4 Å². The Hall–Kier alpha value is -4.89. The molecule has 0 bridgehead atoms. The van der Waals surface area contributed by atoms with E-state index in [1.54, 1.807) is 49.5 Å². The predicted molar refractivity (Wildman–Crippen MR) is 169 cm³/mol. The van der Waals surface area contributed by atoms with Crippen molar-refractivity contribution in [2.75, 3.05) is 43.8 Å². The van der Waals surface area contributed by atoms with Crippen LogP contribution in [0, 0.1) is 0 Å². The van der Waals surface area contributed by atoms with E-state index in [2.05, 4.69) is 10.3 Å². The Morgan fingerprint density at radius 3 is 2.49 bits per heavy atom. The van der Waals surface area contributed by atoms with E-state index in [0.717, 1.165) is 27.4 Å². The first kappa shape index (κ1) is 28.2. The van der Waals surface area contributed by atoms with Gasteiger partial charge in [-0.2, -0.15) is 0 Å². The van der Waals surface area contributed by atoms with Crippen LogP contribution in [-0.2, 0) is 6.42 Å². The second kappa shape index (κ2) is 11.4. The van der Waals surface area contributed by atoms with Crippen LogP contribution in [0.15, 0.2) is 66.7 Å². The van der Waals surface area contributed by atoms with Crippen LogP contribution in [0.3, 0.4) is 0 Å². The van der Waals surface area contributed by atoms with E-state index < -0.39 is 0 Å². The fraction of sp³-hybridized carbons (Fsp3) is 0.212. The summed E-state index contributed by atoms with van der Waals surface area (Å²) in [5.74, 6) is 0.723. The molecule has 220 valence electrons. The summed E-state index contributed by atoms with van der Waals surface area (Å²) in [6.45, 7) is 0.807. The molecular formula is C33H31ClN4O5. The molecular weight excluding hydrogens is 568 g/mol. The first-order valence-electron chi connectivity index (χ1n) is 13.9. The van der Waals surface area contributed by atoms with Crippen LogP contribution in [0.5, 0.6) is 17.2 Å². The molecule has 0 fully saturated rings. The van der Waals surface area contributed by atoms with Gasteiger partial charge in [0, 0.05) is 64.6 Å². The number of methoxy groups -OCH3 is 2. The molecule has 1 atom stereocenters. The van der Waals surface area contributed by atoms with Crippen LogP contribution in [0.25, 0.3) is 21.7 Å². The predicted octanol–water partition coefficient (Wildman–Crippen LogP) is 5.58. The summed E-state index contributed by atoms with van der Waals surface area (Å²) in [5, 5.41) is 16.1. The van der Waals surface area contributed by atoms with Crippen molar-refractivity contribution in [2.45, 2.75) is 12.3 Å². The number of phenols is 1. The monoisotopic (exact) mass is 598 g/mol. The molecule has 1 aromatic heterocycles. The molecule has 0 saturated carbocycles. The highest BCUT2D eigenvalue weighted by Crippen LogP contribution is 2.46. The standard InChI is InChI=1S/C33H31ClN4O5/c1-42-29-13-20-12-26(37-25(20)14-30(29)43-2)33(41)38-17-21(16-34)31-23-8-5-19(11-24(23)28(39)15-27(31)38)32(40)36-10-9-18-3-6-22(35)7-4-18/h3-8,11-15,21,37,39H,9-10,16-17,35H2,1-2H3,(H,36,40). The first-order valence-corrected chi connectivity index (χ1v) is 14.4. The smallest absolute Gasteiger partial charge is 0.274 e. The van der Waals surface area contributed by atoms with Crippen LogP contribution in [0.4, 0.5) is 11.4 Å². The van der Waals surface area contributed by atoms with Gasteiger partial charge in [-0.25, -0.2) is 0 Å². The van der Waals surface area contributed by atoms with Crippen LogP contribution in [0.2, 0.25) is 0 Å². The van der Waals surface area contributed by atoms with Crippen molar-refractivity contribution in [2.24, 2.45) is 0 Å². The summed E-state index contributed by atoms with van der Waals surface area (Å²) in [4.78, 5) is 31.6. The number of ether oxygens (including phenoxy) is 2. The number of carbonyl (C=O) groups excluding carboxylic acids is 2. The third kappa shape index (κ3) is 5.17. The molecule has 9 nitrogen and oxygen atoms in total. The van der Waals surface area contributed by atoms with Gasteiger partial charge in [0.05, 0.1) is 19.9 Å². The lowest BCUT2D eigenvalue weighted by Crippen LogP contribution is -2.30. The Morgan fingerprint density at radius 2 is 1.77 bits per heavy atom. The molecule has 0 aliphatic carbocycles. The number of nitrogens with one attached hydrogen (secondary N) is 2. The molecule has 1 unspecified atom stereocenters. The maximum absolute atomic E-state index is 13.8. The highest BCUT2D eigenvalue weighted by Gasteiger charge is 2.35. The van der Waals surface area contributed by atoms with Crippen LogP contribution < -0.4 is 25.4 Å². The number of anilines is 2. The summed E-state index contributed by atoms with van der Waals surface area (Å²) >= 11 is 6.41. The summed E-state index contributed by atoms with van der Waals surface area (Å²) < 4.78 is 10.8. The number of rotatable bonds is 8. The molecule has 2 heterocycles. The largest absolute Gasteiger partial charge is 0.507 e. The number of benzene rings is 4. The van der Waals surface area contributed by atoms with Gasteiger partial charge in [0.15, 0.2) is 11.5 Å². The topological polar surface area (TPSA) is 130 Å². The lowest BCUT2D eigenvalue weighted by molar-refractivity contribution is 0.0952. The van der Waals surface area contributed by atoms with Crippen LogP contribution in [-0.4, -0.2) is 55.1 Å². The number of hydrogen-bond donors (Lipinski definition) is 4. The number of carbonyl (C=O) groups is 2. The van der Waals surface area contributed by atoms with Gasteiger partial charge >= 0.3 is 0 Å². The zero-order valence-corrected chi connectivity index (χ0v) is 24.5. The Labute approximate surface area is 253 Å². The number of nitrogen functional groups attached to an aromatic ring is 1. The summed E-state index contributed by atoms with van der Waals surface area (Å²) in [7, 11) is 3.12. The van der Waals surface area contributed by atoms with Gasteiger partial charge in [-0.05, 0) is 59.3 Å². The Bertz CT molecular complexity index is 1830. The molecule has 5 aromatic rings. The van der Waals surface area contributed by atoms with Crippen molar-refractivity contribution in [3.05, 3.63) is 89.1 Å². The summed E-state index contributed by atoms with van der Waals surface area (Å²) in [6.07, 6.45) is 0.664. The Morgan fingerprint density at radius 1 is 1.02 bits per heavy atom. The number of aromatic amines is 1. The number of phenolic OH excluding ortho intramolecular Hbond substituents is 1. The van der Waals surface area contributed by atoms with Gasteiger partial charge in [0.25, 0.3) is 11.8 Å². The minimum Gasteiger partial charge on any atom is -0.507 e. The van der Waals surface area contributed by atoms with Gasteiger partial charge in [-0.1, -0.05) is 18.2 Å². The van der Waals surface area contributed by atoms with E-state index >= 15 is 0 Å². The minimum atomic E-state index is -0.251. The lowest BCUT2D eigenvalue weighted by Gasteiger charge is -2.18. The Kier molecular flexibility index (Phi) is 7.50. The van der Waals surface area contributed by atoms with Gasteiger partial charge in [0.2, 0.25) is 0 Å². The first-order chi connectivity index (χ1) is 20.8. The quantitative estimate of drug-likeness (QED) is 0.136. The molecule has 10 heteroatoms. The minimum absolute atomic E-state index is 0.0237. The maximum atomic E-state index is 13.8. The maximum Gasteiger partial charge on any atom is 0.274 e. The van der Waals surface area contributed by atoms with Crippen molar-refractivity contribution in [1.82, 2.24) is 10.3 Å². The van der Waals surface area contributed by atoms with Crippen molar-refractivity contribution in [1.29, 1.82) is 0 Å². The third-order valence-corrected chi connectivity index (χ3v) is 8.34. The van der Waals surface area contributed by atoms with E-state index in [9.17, 15) is 14.7 Å². The zero-order valence-electron chi connectivity index (χ0n) is 23.7. The third-order valence-electron chi connectivity index (χ3n) is 7.96. The fourth-order valence-electron chi connectivity index (χ4n) is 5.76. The fourth-order valence-corrected chi connectivity index (χ4v) is 6.01. The van der Waals surface area contributed by atoms with Gasteiger partial charge in [-0.15, -0.1) is 11.6 Å². The molecule has 0 radical (unpaired) electrons. The SMILES string of the molecule is COc1cc2cc(C(=O)N3CC(CCl)c4c3cc(O)c3cc(C(=O)NCCc5ccc(N)cc5)ccc43)[nH]c2cc1OC. The second-order valence-electron chi connectivity index (χ2n) is 10.6. The van der Waals surface area contributed by atoms with E-state index in [1.165, 1.54) is 0 Å². The second-order valence-corrected chi connectivity index (χ2v) is 10.9. The molecule has 2 amide bonds. The number of alkyl halides is 1. The molecule has 5 N–H and O–H groups in total. The molecule has 43 heavy (non-hydrogen) atoms. The Balaban J connectivity index is 1.28. The number of hydrogen-bond acceptors (Lipinski definition) is 6. The zero-order chi connectivity index (χ0) is 30.2. The highest BCUT2D eigenvalue weighted by atomic mass is 35.5. The number of nitrogens with zero attached hydrogens (tertiary/aromatic N) is 1. The van der Waals surface area contributed by atoms with Crippen molar-refractivity contribution in [3.8, 4) is 17.2 Å². The number of halogens is 1. The van der Waals surface area contributed by atoms with E-state index in [0.29, 0.717) is 59.0 Å². The van der Waals surface area contributed by atoms with Crippen LogP contribution in [0.1, 0.15) is 37.9 Å². The van der Waals surface area contributed by atoms with Crippen molar-refractivity contribution >= 4 is 56.5 Å². The van der Waals surface area contributed by atoms with Crippen LogP contribution >= 0.6 is 11.6 Å². The average Bonchev–Trinajstić information content (AvgIpc) is 3.61. The molecule has 4 aromatic carbocycles. The van der Waals surface area contributed by atoms with E-state index in [1.807, 2.05) is 36.4 Å². The normalized spacial score (nSPS) is 14.2. The number of aromatic hydroxyl groups is 1. The average molecular weight is 599 g/mol. The summed E-state index contributed by atoms with van der Waals surface area (Å²) in [6, 6.07) is 19.7. The molecule has 6 rings (SSSR count). The number of fused-ring (bicyclic) bond motifs is 4. The van der Waals surface area contributed by atoms with Gasteiger partial charge in [-0.3, -0.25) is 9.59 Å². The van der Waals surface area contributed by atoms with Gasteiger partial charge in [0.1, 0.15) is 11.4 Å². The van der Waals surface area contributed by atoms with Gasteiger partial charge < -0.3 is 35.5 Å². The number of aromatic nitrogens is 1. The molecule has 0 spiro atoms. The van der Waals surface area contributed by atoms with Crippen molar-refractivity contribution in [3.63, 3.8) is 0 Å². The van der Waals surface area contributed by atoms with E-state index in [4.69, 9.17) is 26.8 Å². The number of nitrogens with two attached hydrogens (primary N) is 1. The summed E-state index contributed by atoms with van der Waals surface area (Å²) in [5.41, 5.74) is 10.5. The molecule has 1 aliphatic heterocycles. The number of amides is 2. The molecule has 0 saturated heterocycles. The number of H-pyrrole nitrogens is 1. The lowest BCUT2D eigenvalue weighted by atomic mass is 9.94.